The van der Waals surface area contributed by atoms with Crippen LogP contribution in [0.4, 0.5) is 5.69 Å². The lowest BCUT2D eigenvalue weighted by molar-refractivity contribution is -0.115. The fourth-order valence-electron chi connectivity index (χ4n) is 1.83. The quantitative estimate of drug-likeness (QED) is 0.876. The highest BCUT2D eigenvalue weighted by molar-refractivity contribution is 5.98. The summed E-state index contributed by atoms with van der Waals surface area (Å²) in [5.74, 6) is -0.241. The molecule has 2 aromatic rings. The minimum atomic E-state index is -0.494. The molecule has 22 heavy (non-hydrogen) atoms. The highest BCUT2D eigenvalue weighted by Crippen LogP contribution is 2.24. The van der Waals surface area contributed by atoms with E-state index in [1.165, 1.54) is 13.2 Å². The number of aryl methyl sites for hydroxylation is 2. The van der Waals surface area contributed by atoms with Crippen molar-refractivity contribution < 1.29 is 18.8 Å². The van der Waals surface area contributed by atoms with Gasteiger partial charge in [-0.3, -0.25) is 9.59 Å². The van der Waals surface area contributed by atoms with E-state index in [9.17, 15) is 9.59 Å². The van der Waals surface area contributed by atoms with Crippen LogP contribution in [0.3, 0.4) is 0 Å². The first kappa shape index (κ1) is 15.6. The predicted molar refractivity (Wildman–Crippen MR) is 79.9 cm³/mol. The van der Waals surface area contributed by atoms with E-state index in [4.69, 9.17) is 9.26 Å². The summed E-state index contributed by atoms with van der Waals surface area (Å²) in [4.78, 5) is 23.6. The Kier molecular flexibility index (Phi) is 4.77. The Labute approximate surface area is 127 Å². The molecule has 7 heteroatoms. The molecule has 0 radical (unpaired) electrons. The van der Waals surface area contributed by atoms with Gasteiger partial charge >= 0.3 is 0 Å². The molecule has 0 saturated carbocycles. The number of hydrogen-bond donors (Lipinski definition) is 2. The van der Waals surface area contributed by atoms with Gasteiger partial charge in [0, 0.05) is 6.07 Å². The normalized spacial score (nSPS) is 10.1. The largest absolute Gasteiger partial charge is 0.495 e. The highest BCUT2D eigenvalue weighted by atomic mass is 16.5. The fourth-order valence-corrected chi connectivity index (χ4v) is 1.83. The average molecular weight is 303 g/mol. The first-order chi connectivity index (χ1) is 10.5. The van der Waals surface area contributed by atoms with Crippen LogP contribution in [-0.2, 0) is 4.79 Å². The van der Waals surface area contributed by atoms with Gasteiger partial charge in [-0.1, -0.05) is 11.2 Å². The van der Waals surface area contributed by atoms with Crippen molar-refractivity contribution in [1.82, 2.24) is 10.5 Å². The monoisotopic (exact) mass is 303 g/mol. The molecule has 7 nitrogen and oxygen atoms in total. The Morgan fingerprint density at radius 2 is 2.05 bits per heavy atom. The van der Waals surface area contributed by atoms with Crippen molar-refractivity contribution in [3.63, 3.8) is 0 Å². The van der Waals surface area contributed by atoms with E-state index in [1.54, 1.807) is 19.1 Å². The van der Waals surface area contributed by atoms with Gasteiger partial charge in [-0.15, -0.1) is 0 Å². The molecule has 1 heterocycles. The number of carbonyl (C=O) groups is 2. The van der Waals surface area contributed by atoms with E-state index in [1.807, 2.05) is 13.0 Å². The number of methoxy groups -OCH3 is 1. The standard InChI is InChI=1S/C15H17N3O4/c1-9-4-5-12(21-3)11(6-9)17-14(19)8-16-15(20)13-7-10(2)18-22-13/h4-7H,8H2,1-3H3,(H,16,20)(H,17,19). The molecule has 2 amide bonds. The highest BCUT2D eigenvalue weighted by Gasteiger charge is 2.13. The van der Waals surface area contributed by atoms with Crippen LogP contribution in [0, 0.1) is 13.8 Å². The molecule has 0 aliphatic carbocycles. The van der Waals surface area contributed by atoms with Crippen molar-refractivity contribution in [1.29, 1.82) is 0 Å². The summed E-state index contributed by atoms with van der Waals surface area (Å²) >= 11 is 0. The van der Waals surface area contributed by atoms with Gasteiger partial charge in [-0.05, 0) is 31.5 Å². The summed E-state index contributed by atoms with van der Waals surface area (Å²) in [5, 5.41) is 8.76. The van der Waals surface area contributed by atoms with E-state index < -0.39 is 5.91 Å². The summed E-state index contributed by atoms with van der Waals surface area (Å²) in [5.41, 5.74) is 2.13. The first-order valence-corrected chi connectivity index (χ1v) is 6.65. The number of aromatic nitrogens is 1. The van der Waals surface area contributed by atoms with Crippen LogP contribution in [0.15, 0.2) is 28.8 Å². The molecule has 0 bridgehead atoms. The minimum Gasteiger partial charge on any atom is -0.495 e. The van der Waals surface area contributed by atoms with Gasteiger partial charge in [-0.2, -0.15) is 0 Å². The number of rotatable bonds is 5. The van der Waals surface area contributed by atoms with Crippen LogP contribution in [0.25, 0.3) is 0 Å². The molecule has 0 spiro atoms. The van der Waals surface area contributed by atoms with Crippen molar-refractivity contribution in [2.24, 2.45) is 0 Å². The summed E-state index contributed by atoms with van der Waals surface area (Å²) < 4.78 is 9.99. The zero-order valence-corrected chi connectivity index (χ0v) is 12.6. The molecule has 0 unspecified atom stereocenters. The first-order valence-electron chi connectivity index (χ1n) is 6.65. The lowest BCUT2D eigenvalue weighted by Gasteiger charge is -2.11. The fraction of sp³-hybridized carbons (Fsp3) is 0.267. The molecule has 0 saturated heterocycles. The molecule has 0 atom stereocenters. The Balaban J connectivity index is 1.93. The second kappa shape index (κ2) is 6.75. The molecule has 2 rings (SSSR count). The van der Waals surface area contributed by atoms with E-state index in [0.717, 1.165) is 5.56 Å². The number of ether oxygens (including phenoxy) is 1. The summed E-state index contributed by atoms with van der Waals surface area (Å²) in [6.07, 6.45) is 0. The number of nitrogens with one attached hydrogen (secondary N) is 2. The lowest BCUT2D eigenvalue weighted by atomic mass is 10.2. The van der Waals surface area contributed by atoms with Crippen LogP contribution in [0.1, 0.15) is 21.8 Å². The molecule has 116 valence electrons. The van der Waals surface area contributed by atoms with Crippen molar-refractivity contribution in [3.05, 3.63) is 41.3 Å². The van der Waals surface area contributed by atoms with Crippen LogP contribution >= 0.6 is 0 Å². The van der Waals surface area contributed by atoms with Crippen LogP contribution < -0.4 is 15.4 Å². The number of amides is 2. The van der Waals surface area contributed by atoms with Gasteiger partial charge in [0.25, 0.3) is 5.91 Å². The third-order valence-corrected chi connectivity index (χ3v) is 2.89. The van der Waals surface area contributed by atoms with Crippen molar-refractivity contribution in [2.75, 3.05) is 19.0 Å². The number of benzene rings is 1. The van der Waals surface area contributed by atoms with E-state index in [0.29, 0.717) is 17.1 Å². The Bertz CT molecular complexity index is 694. The van der Waals surface area contributed by atoms with Crippen molar-refractivity contribution in [3.8, 4) is 5.75 Å². The van der Waals surface area contributed by atoms with E-state index in [-0.39, 0.29) is 18.2 Å². The van der Waals surface area contributed by atoms with Crippen molar-refractivity contribution >= 4 is 17.5 Å². The lowest BCUT2D eigenvalue weighted by Crippen LogP contribution is -2.32. The Morgan fingerprint density at radius 1 is 1.27 bits per heavy atom. The minimum absolute atomic E-state index is 0.0680. The zero-order valence-electron chi connectivity index (χ0n) is 12.6. The number of hydrogen-bond acceptors (Lipinski definition) is 5. The maximum atomic E-state index is 11.9. The van der Waals surface area contributed by atoms with Crippen LogP contribution in [0.2, 0.25) is 0 Å². The number of carbonyl (C=O) groups excluding carboxylic acids is 2. The van der Waals surface area contributed by atoms with Crippen LogP contribution in [-0.4, -0.2) is 30.6 Å². The van der Waals surface area contributed by atoms with Gasteiger partial charge in [0.2, 0.25) is 11.7 Å². The van der Waals surface area contributed by atoms with Gasteiger partial charge in [0.1, 0.15) is 5.75 Å². The third kappa shape index (κ3) is 3.85. The zero-order chi connectivity index (χ0) is 16.1. The topological polar surface area (TPSA) is 93.5 Å². The van der Waals surface area contributed by atoms with Gasteiger partial charge in [0.15, 0.2) is 0 Å². The van der Waals surface area contributed by atoms with Crippen molar-refractivity contribution in [2.45, 2.75) is 13.8 Å². The molecule has 2 N–H and O–H groups in total. The SMILES string of the molecule is COc1ccc(C)cc1NC(=O)CNC(=O)c1cc(C)no1. The number of nitrogens with zero attached hydrogens (tertiary/aromatic N) is 1. The summed E-state index contributed by atoms with van der Waals surface area (Å²) in [6.45, 7) is 3.43. The molecule has 0 fully saturated rings. The summed E-state index contributed by atoms with van der Waals surface area (Å²) in [6, 6.07) is 6.93. The van der Waals surface area contributed by atoms with Gasteiger partial charge in [0.05, 0.1) is 25.0 Å². The third-order valence-electron chi connectivity index (χ3n) is 2.89. The second-order valence-corrected chi connectivity index (χ2v) is 4.77. The van der Waals surface area contributed by atoms with E-state index >= 15 is 0 Å². The molecule has 0 aliphatic heterocycles. The summed E-state index contributed by atoms with van der Waals surface area (Å²) in [7, 11) is 1.52. The molecular weight excluding hydrogens is 286 g/mol. The molecule has 0 aliphatic rings. The van der Waals surface area contributed by atoms with E-state index in [2.05, 4.69) is 15.8 Å². The Hall–Kier alpha value is -2.83. The van der Waals surface area contributed by atoms with Crippen LogP contribution in [0.5, 0.6) is 5.75 Å². The van der Waals surface area contributed by atoms with Gasteiger partial charge < -0.3 is 19.9 Å². The molecule has 1 aromatic carbocycles. The molecule has 1 aromatic heterocycles. The second-order valence-electron chi connectivity index (χ2n) is 4.77. The predicted octanol–water partition coefficient (Wildman–Crippen LogP) is 1.67. The maximum Gasteiger partial charge on any atom is 0.290 e. The Morgan fingerprint density at radius 3 is 2.68 bits per heavy atom. The molecular formula is C15H17N3O4. The smallest absolute Gasteiger partial charge is 0.290 e. The number of anilines is 1. The maximum absolute atomic E-state index is 11.9. The average Bonchev–Trinajstić information content (AvgIpc) is 2.92. The van der Waals surface area contributed by atoms with Gasteiger partial charge in [-0.25, -0.2) is 0 Å².